The first-order valence-corrected chi connectivity index (χ1v) is 7.10. The zero-order valence-corrected chi connectivity index (χ0v) is 12.4. The van der Waals surface area contributed by atoms with Gasteiger partial charge < -0.3 is 9.88 Å². The first kappa shape index (κ1) is 14.1. The van der Waals surface area contributed by atoms with Crippen LogP contribution in [-0.2, 0) is 6.42 Å². The smallest absolute Gasteiger partial charge is 0.112 e. The van der Waals surface area contributed by atoms with Gasteiger partial charge in [-0.25, -0.2) is 4.98 Å². The van der Waals surface area contributed by atoms with Crippen molar-refractivity contribution in [3.8, 4) is 5.69 Å². The Bertz CT molecular complexity index is 548. The Morgan fingerprint density at radius 1 is 1.37 bits per heavy atom. The fraction of sp³-hybridized carbons (Fsp3) is 0.400. The monoisotopic (exact) mass is 277 g/mol. The number of benzene rings is 1. The molecule has 1 aromatic carbocycles. The molecule has 2 aromatic rings. The average Bonchev–Trinajstić information content (AvgIpc) is 2.87. The van der Waals surface area contributed by atoms with E-state index in [9.17, 15) is 0 Å². The molecule has 0 amide bonds. The molecule has 0 aliphatic carbocycles. The summed E-state index contributed by atoms with van der Waals surface area (Å²) in [5, 5.41) is 4.15. The van der Waals surface area contributed by atoms with Crippen molar-refractivity contribution < 1.29 is 0 Å². The van der Waals surface area contributed by atoms with Gasteiger partial charge in [0.05, 0.1) is 10.7 Å². The van der Waals surface area contributed by atoms with Gasteiger partial charge in [-0.1, -0.05) is 31.5 Å². The van der Waals surface area contributed by atoms with E-state index in [1.54, 1.807) is 0 Å². The molecule has 3 nitrogen and oxygen atoms in total. The number of nitrogens with zero attached hydrogens (tertiary/aromatic N) is 2. The maximum absolute atomic E-state index is 6.42. The number of nitrogens with one attached hydrogen (secondary N) is 1. The summed E-state index contributed by atoms with van der Waals surface area (Å²) < 4.78 is 2.05. The standard InChI is InChI=1S/C15H20ClN3/c1-4-15-18-8-9-19(15)14-7-6-12(10-13(14)16)11(3)17-5-2/h6-11,17H,4-5H2,1-3H3. The Kier molecular flexibility index (Phi) is 4.61. The molecule has 0 bridgehead atoms. The molecule has 1 atom stereocenters. The van der Waals surface area contributed by atoms with Crippen molar-refractivity contribution in [2.45, 2.75) is 33.2 Å². The minimum absolute atomic E-state index is 0.310. The van der Waals surface area contributed by atoms with E-state index in [1.165, 1.54) is 5.56 Å². The second-order valence-corrected chi connectivity index (χ2v) is 4.96. The minimum atomic E-state index is 0.310. The lowest BCUT2D eigenvalue weighted by atomic mass is 10.1. The topological polar surface area (TPSA) is 29.9 Å². The second-order valence-electron chi connectivity index (χ2n) is 4.56. The van der Waals surface area contributed by atoms with Crippen molar-refractivity contribution in [3.63, 3.8) is 0 Å². The summed E-state index contributed by atoms with van der Waals surface area (Å²) in [6.45, 7) is 7.28. The van der Waals surface area contributed by atoms with Crippen LogP contribution in [0.3, 0.4) is 0 Å². The summed E-state index contributed by atoms with van der Waals surface area (Å²) in [6.07, 6.45) is 4.65. The number of halogens is 1. The van der Waals surface area contributed by atoms with Crippen LogP contribution in [0, 0.1) is 0 Å². The number of rotatable bonds is 5. The summed E-state index contributed by atoms with van der Waals surface area (Å²) in [4.78, 5) is 4.33. The third-order valence-corrected chi connectivity index (χ3v) is 3.58. The van der Waals surface area contributed by atoms with Gasteiger partial charge in [-0.05, 0) is 31.2 Å². The van der Waals surface area contributed by atoms with Gasteiger partial charge in [0.15, 0.2) is 0 Å². The molecule has 0 fully saturated rings. The molecule has 1 heterocycles. The van der Waals surface area contributed by atoms with E-state index in [1.807, 2.05) is 23.0 Å². The Morgan fingerprint density at radius 2 is 2.16 bits per heavy atom. The third kappa shape index (κ3) is 2.99. The molecule has 1 N–H and O–H groups in total. The van der Waals surface area contributed by atoms with Crippen LogP contribution in [-0.4, -0.2) is 16.1 Å². The van der Waals surface area contributed by atoms with Gasteiger partial charge in [0.2, 0.25) is 0 Å². The molecule has 0 saturated carbocycles. The van der Waals surface area contributed by atoms with Crippen molar-refractivity contribution in [1.82, 2.24) is 14.9 Å². The second kappa shape index (κ2) is 6.22. The molecule has 0 aliphatic heterocycles. The molecule has 4 heteroatoms. The molecule has 1 aromatic heterocycles. The summed E-state index contributed by atoms with van der Waals surface area (Å²) in [6, 6.07) is 6.52. The van der Waals surface area contributed by atoms with Crippen LogP contribution in [0.1, 0.15) is 38.2 Å². The summed E-state index contributed by atoms with van der Waals surface area (Å²) in [5.41, 5.74) is 2.19. The lowest BCUT2D eigenvalue weighted by Gasteiger charge is -2.15. The predicted octanol–water partition coefficient (Wildman–Crippen LogP) is 3.76. The van der Waals surface area contributed by atoms with Crippen molar-refractivity contribution in [1.29, 1.82) is 0 Å². The van der Waals surface area contributed by atoms with Gasteiger partial charge >= 0.3 is 0 Å². The van der Waals surface area contributed by atoms with Crippen LogP contribution in [0.2, 0.25) is 5.02 Å². The highest BCUT2D eigenvalue weighted by Crippen LogP contribution is 2.25. The fourth-order valence-electron chi connectivity index (χ4n) is 2.23. The maximum atomic E-state index is 6.42. The van der Waals surface area contributed by atoms with E-state index >= 15 is 0 Å². The molecular formula is C15H20ClN3. The molecule has 19 heavy (non-hydrogen) atoms. The lowest BCUT2D eigenvalue weighted by Crippen LogP contribution is -2.17. The zero-order valence-electron chi connectivity index (χ0n) is 11.7. The van der Waals surface area contributed by atoms with Crippen molar-refractivity contribution in [2.75, 3.05) is 6.54 Å². The van der Waals surface area contributed by atoms with Crippen molar-refractivity contribution in [3.05, 3.63) is 47.0 Å². The summed E-state index contributed by atoms with van der Waals surface area (Å²) in [7, 11) is 0. The molecule has 102 valence electrons. The largest absolute Gasteiger partial charge is 0.310 e. The van der Waals surface area contributed by atoms with Gasteiger partial charge in [-0.3, -0.25) is 0 Å². The van der Waals surface area contributed by atoms with Crippen molar-refractivity contribution >= 4 is 11.6 Å². The molecule has 2 rings (SSSR count). The SMILES string of the molecule is CCNC(C)c1ccc(-n2ccnc2CC)c(Cl)c1. The average molecular weight is 278 g/mol. The Hall–Kier alpha value is -1.32. The van der Waals surface area contributed by atoms with Crippen LogP contribution in [0.15, 0.2) is 30.6 Å². The molecule has 0 aliphatic rings. The predicted molar refractivity (Wildman–Crippen MR) is 80.0 cm³/mol. The number of hydrogen-bond donors (Lipinski definition) is 1. The summed E-state index contributed by atoms with van der Waals surface area (Å²) >= 11 is 6.42. The Morgan fingerprint density at radius 3 is 2.79 bits per heavy atom. The number of imidazole rings is 1. The van der Waals surface area contributed by atoms with Crippen LogP contribution >= 0.6 is 11.6 Å². The third-order valence-electron chi connectivity index (χ3n) is 3.28. The van der Waals surface area contributed by atoms with Gasteiger partial charge in [-0.2, -0.15) is 0 Å². The van der Waals surface area contributed by atoms with E-state index < -0.39 is 0 Å². The van der Waals surface area contributed by atoms with Gasteiger partial charge in [0.25, 0.3) is 0 Å². The summed E-state index contributed by atoms with van der Waals surface area (Å²) in [5.74, 6) is 1.02. The van der Waals surface area contributed by atoms with E-state index in [2.05, 4.69) is 43.2 Å². The number of hydrogen-bond acceptors (Lipinski definition) is 2. The molecular weight excluding hydrogens is 258 g/mol. The highest BCUT2D eigenvalue weighted by Gasteiger charge is 2.10. The normalized spacial score (nSPS) is 12.6. The maximum Gasteiger partial charge on any atom is 0.112 e. The van der Waals surface area contributed by atoms with Crippen molar-refractivity contribution in [2.24, 2.45) is 0 Å². The van der Waals surface area contributed by atoms with E-state index in [0.29, 0.717) is 6.04 Å². The first-order valence-electron chi connectivity index (χ1n) is 6.72. The van der Waals surface area contributed by atoms with Crippen LogP contribution in [0.5, 0.6) is 0 Å². The first-order chi connectivity index (χ1) is 9.17. The quantitative estimate of drug-likeness (QED) is 0.902. The Balaban J connectivity index is 2.34. The highest BCUT2D eigenvalue weighted by molar-refractivity contribution is 6.32. The molecule has 1 unspecified atom stereocenters. The van der Waals surface area contributed by atoms with Gasteiger partial charge in [0, 0.05) is 24.9 Å². The van der Waals surface area contributed by atoms with E-state index in [0.717, 1.165) is 29.5 Å². The van der Waals surface area contributed by atoms with E-state index in [-0.39, 0.29) is 0 Å². The lowest BCUT2D eigenvalue weighted by molar-refractivity contribution is 0.598. The van der Waals surface area contributed by atoms with Crippen LogP contribution in [0.4, 0.5) is 0 Å². The molecule has 0 radical (unpaired) electrons. The minimum Gasteiger partial charge on any atom is -0.310 e. The molecule has 0 spiro atoms. The Labute approximate surface area is 119 Å². The zero-order chi connectivity index (χ0) is 13.8. The van der Waals surface area contributed by atoms with Gasteiger partial charge in [0.1, 0.15) is 5.82 Å². The van der Waals surface area contributed by atoms with E-state index in [4.69, 9.17) is 11.6 Å². The number of aromatic nitrogens is 2. The number of aryl methyl sites for hydroxylation is 1. The van der Waals surface area contributed by atoms with Crippen LogP contribution < -0.4 is 5.32 Å². The highest BCUT2D eigenvalue weighted by atomic mass is 35.5. The fourth-order valence-corrected chi connectivity index (χ4v) is 2.51. The molecule has 0 saturated heterocycles. The van der Waals surface area contributed by atoms with Crippen LogP contribution in [0.25, 0.3) is 5.69 Å². The van der Waals surface area contributed by atoms with Gasteiger partial charge in [-0.15, -0.1) is 0 Å².